The van der Waals surface area contributed by atoms with Crippen molar-refractivity contribution in [1.29, 1.82) is 0 Å². The summed E-state index contributed by atoms with van der Waals surface area (Å²) < 4.78 is 0. The largest absolute Gasteiger partial charge is 0.383 e. The van der Waals surface area contributed by atoms with Gasteiger partial charge in [-0.15, -0.1) is 0 Å². The molecule has 0 heterocycles. The van der Waals surface area contributed by atoms with E-state index >= 15 is 0 Å². The molecule has 0 saturated heterocycles. The molecular formula is C9H12ClN3O. The van der Waals surface area contributed by atoms with Gasteiger partial charge in [-0.05, 0) is 24.3 Å². The van der Waals surface area contributed by atoms with Crippen molar-refractivity contribution < 1.29 is 4.79 Å². The average Bonchev–Trinajstić information content (AvgIpc) is 2.16. The molecule has 1 atom stereocenters. The van der Waals surface area contributed by atoms with E-state index in [1.54, 1.807) is 24.3 Å². The second kappa shape index (κ2) is 4.83. The van der Waals surface area contributed by atoms with E-state index in [4.69, 9.17) is 23.1 Å². The normalized spacial score (nSPS) is 12.1. The van der Waals surface area contributed by atoms with Crippen molar-refractivity contribution in [3.63, 3.8) is 0 Å². The van der Waals surface area contributed by atoms with Crippen LogP contribution in [0.3, 0.4) is 0 Å². The summed E-state index contributed by atoms with van der Waals surface area (Å²) >= 11 is 5.70. The van der Waals surface area contributed by atoms with Crippen molar-refractivity contribution in [2.45, 2.75) is 6.04 Å². The SMILES string of the molecule is NC(=O)C(N)CNc1ccc(Cl)cc1. The Morgan fingerprint density at radius 3 is 2.50 bits per heavy atom. The van der Waals surface area contributed by atoms with Crippen LogP contribution in [0.1, 0.15) is 0 Å². The summed E-state index contributed by atoms with van der Waals surface area (Å²) in [4.78, 5) is 10.6. The van der Waals surface area contributed by atoms with Gasteiger partial charge in [0.25, 0.3) is 0 Å². The van der Waals surface area contributed by atoms with E-state index in [9.17, 15) is 4.79 Å². The molecule has 5 N–H and O–H groups in total. The molecule has 1 aromatic rings. The van der Waals surface area contributed by atoms with E-state index < -0.39 is 11.9 Å². The molecule has 76 valence electrons. The molecule has 0 aromatic heterocycles. The number of primary amides is 1. The highest BCUT2D eigenvalue weighted by molar-refractivity contribution is 6.30. The summed E-state index contributed by atoms with van der Waals surface area (Å²) in [5, 5.41) is 3.63. The number of nitrogens with two attached hydrogens (primary N) is 2. The topological polar surface area (TPSA) is 81.1 Å². The Bertz CT molecular complexity index is 312. The van der Waals surface area contributed by atoms with Crippen LogP contribution in [0.5, 0.6) is 0 Å². The summed E-state index contributed by atoms with van der Waals surface area (Å²) in [7, 11) is 0. The van der Waals surface area contributed by atoms with Gasteiger partial charge in [-0.2, -0.15) is 0 Å². The van der Waals surface area contributed by atoms with Crippen molar-refractivity contribution in [3.05, 3.63) is 29.3 Å². The number of carbonyl (C=O) groups is 1. The molecule has 0 spiro atoms. The molecule has 0 radical (unpaired) electrons. The number of amides is 1. The van der Waals surface area contributed by atoms with Gasteiger partial charge < -0.3 is 16.8 Å². The maximum absolute atomic E-state index is 10.6. The first-order valence-electron chi connectivity index (χ1n) is 4.14. The van der Waals surface area contributed by atoms with Gasteiger partial charge in [0.15, 0.2) is 0 Å². The van der Waals surface area contributed by atoms with Gasteiger partial charge in [-0.3, -0.25) is 4.79 Å². The van der Waals surface area contributed by atoms with E-state index in [1.807, 2.05) is 0 Å². The number of anilines is 1. The van der Waals surface area contributed by atoms with Gasteiger partial charge >= 0.3 is 0 Å². The minimum absolute atomic E-state index is 0.316. The first kappa shape index (κ1) is 10.8. The maximum atomic E-state index is 10.6. The fraction of sp³-hybridized carbons (Fsp3) is 0.222. The molecule has 5 heteroatoms. The van der Waals surface area contributed by atoms with E-state index in [0.717, 1.165) is 5.69 Å². The van der Waals surface area contributed by atoms with Crippen molar-refractivity contribution in [2.24, 2.45) is 11.5 Å². The van der Waals surface area contributed by atoms with Crippen molar-refractivity contribution in [3.8, 4) is 0 Å². The van der Waals surface area contributed by atoms with Crippen LogP contribution in [0.25, 0.3) is 0 Å². The molecule has 0 aliphatic carbocycles. The first-order chi connectivity index (χ1) is 6.59. The van der Waals surface area contributed by atoms with Crippen LogP contribution in [-0.2, 0) is 4.79 Å². The Morgan fingerprint density at radius 2 is 2.00 bits per heavy atom. The molecule has 1 aromatic carbocycles. The zero-order valence-electron chi connectivity index (χ0n) is 7.53. The fourth-order valence-electron chi connectivity index (χ4n) is 0.896. The molecule has 0 aliphatic heterocycles. The summed E-state index contributed by atoms with van der Waals surface area (Å²) in [6.07, 6.45) is 0. The van der Waals surface area contributed by atoms with Gasteiger partial charge in [-0.25, -0.2) is 0 Å². The third-order valence-electron chi connectivity index (χ3n) is 1.74. The Morgan fingerprint density at radius 1 is 1.43 bits per heavy atom. The van der Waals surface area contributed by atoms with Crippen LogP contribution in [0.4, 0.5) is 5.69 Å². The summed E-state index contributed by atoms with van der Waals surface area (Å²) in [6.45, 7) is 0.316. The van der Waals surface area contributed by atoms with Crippen LogP contribution < -0.4 is 16.8 Å². The predicted molar refractivity (Wildman–Crippen MR) is 57.1 cm³/mol. The monoisotopic (exact) mass is 213 g/mol. The highest BCUT2D eigenvalue weighted by atomic mass is 35.5. The third kappa shape index (κ3) is 3.24. The van der Waals surface area contributed by atoms with Crippen LogP contribution in [0.2, 0.25) is 5.02 Å². The second-order valence-corrected chi connectivity index (χ2v) is 3.33. The van der Waals surface area contributed by atoms with Gasteiger partial charge in [0.05, 0.1) is 0 Å². The zero-order valence-corrected chi connectivity index (χ0v) is 8.29. The lowest BCUT2D eigenvalue weighted by Crippen LogP contribution is -2.41. The first-order valence-corrected chi connectivity index (χ1v) is 4.51. The molecule has 0 bridgehead atoms. The maximum Gasteiger partial charge on any atom is 0.236 e. The Kier molecular flexibility index (Phi) is 3.73. The molecule has 1 unspecified atom stereocenters. The number of hydrogen-bond acceptors (Lipinski definition) is 3. The highest BCUT2D eigenvalue weighted by Crippen LogP contribution is 2.12. The lowest BCUT2D eigenvalue weighted by atomic mass is 10.2. The van der Waals surface area contributed by atoms with Crippen molar-refractivity contribution in [2.75, 3.05) is 11.9 Å². The molecule has 0 aliphatic rings. The molecular weight excluding hydrogens is 202 g/mol. The lowest BCUT2D eigenvalue weighted by Gasteiger charge is -2.09. The lowest BCUT2D eigenvalue weighted by molar-refractivity contribution is -0.118. The van der Waals surface area contributed by atoms with E-state index in [2.05, 4.69) is 5.32 Å². The molecule has 0 fully saturated rings. The van der Waals surface area contributed by atoms with Gasteiger partial charge in [0.1, 0.15) is 6.04 Å². The summed E-state index contributed by atoms with van der Waals surface area (Å²) in [6, 6.07) is 6.43. The Hall–Kier alpha value is -1.26. The number of nitrogens with one attached hydrogen (secondary N) is 1. The number of rotatable bonds is 4. The number of carbonyl (C=O) groups excluding carboxylic acids is 1. The quantitative estimate of drug-likeness (QED) is 0.684. The molecule has 1 rings (SSSR count). The smallest absolute Gasteiger partial charge is 0.236 e. The Balaban J connectivity index is 2.46. The van der Waals surface area contributed by atoms with Gasteiger partial charge in [0.2, 0.25) is 5.91 Å². The van der Waals surface area contributed by atoms with Crippen molar-refractivity contribution in [1.82, 2.24) is 0 Å². The fourth-order valence-corrected chi connectivity index (χ4v) is 1.02. The molecule has 0 saturated carbocycles. The summed E-state index contributed by atoms with van der Waals surface area (Å²) in [5.74, 6) is -0.522. The minimum atomic E-state index is -0.675. The van der Waals surface area contributed by atoms with E-state index in [0.29, 0.717) is 11.6 Å². The standard InChI is InChI=1S/C9H12ClN3O/c10-6-1-3-7(4-2-6)13-5-8(11)9(12)14/h1-4,8,13H,5,11H2,(H2,12,14). The van der Waals surface area contributed by atoms with Gasteiger partial charge in [0, 0.05) is 17.3 Å². The molecule has 14 heavy (non-hydrogen) atoms. The minimum Gasteiger partial charge on any atom is -0.383 e. The summed E-state index contributed by atoms with van der Waals surface area (Å²) in [5.41, 5.74) is 11.3. The van der Waals surface area contributed by atoms with E-state index in [1.165, 1.54) is 0 Å². The predicted octanol–water partition coefficient (Wildman–Crippen LogP) is 0.564. The number of benzene rings is 1. The van der Waals surface area contributed by atoms with Crippen LogP contribution in [0.15, 0.2) is 24.3 Å². The Labute approximate surface area is 87.2 Å². The number of halogens is 1. The van der Waals surface area contributed by atoms with E-state index in [-0.39, 0.29) is 0 Å². The van der Waals surface area contributed by atoms with Crippen LogP contribution >= 0.6 is 11.6 Å². The average molecular weight is 214 g/mol. The molecule has 4 nitrogen and oxygen atoms in total. The highest BCUT2D eigenvalue weighted by Gasteiger charge is 2.07. The zero-order chi connectivity index (χ0) is 10.6. The number of hydrogen-bond donors (Lipinski definition) is 3. The second-order valence-electron chi connectivity index (χ2n) is 2.90. The van der Waals surface area contributed by atoms with Crippen LogP contribution in [0, 0.1) is 0 Å². The van der Waals surface area contributed by atoms with Gasteiger partial charge in [-0.1, -0.05) is 11.6 Å². The van der Waals surface area contributed by atoms with Crippen molar-refractivity contribution >= 4 is 23.2 Å². The third-order valence-corrected chi connectivity index (χ3v) is 1.99. The van der Waals surface area contributed by atoms with Crippen LogP contribution in [-0.4, -0.2) is 18.5 Å². The molecule has 1 amide bonds.